The number of fused-ring (bicyclic) bond motifs is 1. The summed E-state index contributed by atoms with van der Waals surface area (Å²) < 4.78 is 6.81. The predicted octanol–water partition coefficient (Wildman–Crippen LogP) is 2.69. The number of aryl methyl sites for hydroxylation is 1. The molecule has 1 saturated heterocycles. The van der Waals surface area contributed by atoms with Crippen molar-refractivity contribution in [3.8, 4) is 0 Å². The minimum Gasteiger partial charge on any atom is -0.447 e. The maximum absolute atomic E-state index is 12.7. The van der Waals surface area contributed by atoms with Gasteiger partial charge in [-0.1, -0.05) is 11.6 Å². The van der Waals surface area contributed by atoms with Crippen LogP contribution >= 0.6 is 11.6 Å². The molecule has 5 rings (SSSR count). The van der Waals surface area contributed by atoms with Crippen LogP contribution in [0.15, 0.2) is 24.5 Å². The number of rotatable bonds is 4. The van der Waals surface area contributed by atoms with Crippen molar-refractivity contribution >= 4 is 51.7 Å². The Morgan fingerprint density at radius 3 is 2.84 bits per heavy atom. The maximum atomic E-state index is 12.7. The number of carbonyl (C=O) groups is 2. The molecule has 3 N–H and O–H groups in total. The van der Waals surface area contributed by atoms with Gasteiger partial charge < -0.3 is 15.8 Å². The summed E-state index contributed by atoms with van der Waals surface area (Å²) in [5.74, 6) is 0.133. The zero-order valence-corrected chi connectivity index (χ0v) is 17.6. The topological polar surface area (TPSA) is 128 Å². The maximum Gasteiger partial charge on any atom is 0.414 e. The van der Waals surface area contributed by atoms with Crippen LogP contribution in [0.4, 0.5) is 22.0 Å². The fourth-order valence-corrected chi connectivity index (χ4v) is 4.27. The van der Waals surface area contributed by atoms with Gasteiger partial charge in [0.25, 0.3) is 0 Å². The second-order valence-electron chi connectivity index (χ2n) is 7.97. The number of halogens is 1. The van der Waals surface area contributed by atoms with E-state index >= 15 is 0 Å². The fourth-order valence-electron chi connectivity index (χ4n) is 3.98. The number of nitrogens with one attached hydrogen (secondary N) is 1. The van der Waals surface area contributed by atoms with E-state index in [1.165, 1.54) is 4.90 Å². The van der Waals surface area contributed by atoms with Gasteiger partial charge in [-0.3, -0.25) is 14.4 Å². The molecule has 2 fully saturated rings. The third-order valence-electron chi connectivity index (χ3n) is 5.70. The van der Waals surface area contributed by atoms with E-state index in [1.54, 1.807) is 23.0 Å². The Hall–Kier alpha value is -3.40. The van der Waals surface area contributed by atoms with Crippen molar-refractivity contribution in [1.29, 1.82) is 0 Å². The molecule has 160 valence electrons. The summed E-state index contributed by atoms with van der Waals surface area (Å²) >= 11 is 6.62. The number of hydrogen-bond acceptors (Lipinski definition) is 7. The lowest BCUT2D eigenvalue weighted by Gasteiger charge is -2.21. The predicted molar refractivity (Wildman–Crippen MR) is 115 cm³/mol. The number of nitrogens with zero attached hydrogens (tertiary/aromatic N) is 5. The summed E-state index contributed by atoms with van der Waals surface area (Å²) in [5.41, 5.74) is 8.34. The summed E-state index contributed by atoms with van der Waals surface area (Å²) in [6, 6.07) is 3.02. The quantitative estimate of drug-likeness (QED) is 0.595. The second-order valence-corrected chi connectivity index (χ2v) is 8.35. The molecule has 1 aliphatic heterocycles. The summed E-state index contributed by atoms with van der Waals surface area (Å²) in [6.07, 6.45) is 3.97. The van der Waals surface area contributed by atoms with Gasteiger partial charge in [0.05, 0.1) is 28.6 Å². The largest absolute Gasteiger partial charge is 0.447 e. The molecule has 11 heteroatoms. The van der Waals surface area contributed by atoms with Crippen molar-refractivity contribution in [2.24, 2.45) is 13.0 Å². The average molecular weight is 442 g/mol. The number of nitrogens with two attached hydrogens (primary N) is 1. The van der Waals surface area contributed by atoms with Gasteiger partial charge in [0, 0.05) is 24.5 Å². The first kappa shape index (κ1) is 19.6. The van der Waals surface area contributed by atoms with Crippen molar-refractivity contribution in [2.75, 3.05) is 22.6 Å². The number of benzene rings is 1. The normalized spacial score (nSPS) is 22.6. The monoisotopic (exact) mass is 441 g/mol. The Morgan fingerprint density at radius 2 is 2.16 bits per heavy atom. The number of aromatic nitrogens is 4. The van der Waals surface area contributed by atoms with Crippen molar-refractivity contribution in [2.45, 2.75) is 25.3 Å². The standard InChI is InChI=1S/C20H20ClN7O3/c1-9-8-31-20(30)28(9)15-5-14(22)18-13(17(15)21)4-16(25-26-18)24-19(29)12-3-11(12)10-6-23-27(2)7-10/h4-7,9,11-12H,3,8,22H2,1-2H3,(H,24,25,29)/t9-,11+,12-/m0/s1. The van der Waals surface area contributed by atoms with Gasteiger partial charge in [-0.15, -0.1) is 10.2 Å². The van der Waals surface area contributed by atoms with Crippen molar-refractivity contribution in [3.05, 3.63) is 35.1 Å². The van der Waals surface area contributed by atoms with Gasteiger partial charge in [-0.25, -0.2) is 4.79 Å². The minimum absolute atomic E-state index is 0.139. The smallest absolute Gasteiger partial charge is 0.414 e. The van der Waals surface area contributed by atoms with Crippen LogP contribution in [0.25, 0.3) is 10.9 Å². The van der Waals surface area contributed by atoms with Gasteiger partial charge in [0.2, 0.25) is 5.91 Å². The SMILES string of the molecule is C[C@H]1COC(=O)N1c1cc(N)c2nnc(NC(=O)[C@H]3C[C@@H]3c3cnn(C)c3)cc2c1Cl. The Balaban J connectivity index is 1.42. The molecule has 31 heavy (non-hydrogen) atoms. The molecule has 3 heterocycles. The number of amides is 2. The second kappa shape index (κ2) is 7.09. The van der Waals surface area contributed by atoms with E-state index in [9.17, 15) is 9.59 Å². The Labute approximate surface area is 182 Å². The first-order chi connectivity index (χ1) is 14.8. The molecule has 3 aromatic rings. The van der Waals surface area contributed by atoms with E-state index in [1.807, 2.05) is 20.2 Å². The summed E-state index contributed by atoms with van der Waals surface area (Å²) in [5, 5.41) is 16.0. The zero-order valence-electron chi connectivity index (χ0n) is 16.9. The van der Waals surface area contributed by atoms with Crippen LogP contribution in [0.2, 0.25) is 5.02 Å². The van der Waals surface area contributed by atoms with Crippen molar-refractivity contribution < 1.29 is 14.3 Å². The van der Waals surface area contributed by atoms with Gasteiger partial charge in [0.15, 0.2) is 5.82 Å². The molecule has 2 amide bonds. The molecule has 0 spiro atoms. The first-order valence-electron chi connectivity index (χ1n) is 9.84. The van der Waals surface area contributed by atoms with Crippen LogP contribution in [-0.2, 0) is 16.6 Å². The summed E-state index contributed by atoms with van der Waals surface area (Å²) in [7, 11) is 1.85. The number of carbonyl (C=O) groups excluding carboxylic acids is 2. The number of ether oxygens (including phenoxy) is 1. The minimum atomic E-state index is -0.487. The Bertz CT molecular complexity index is 1230. The third-order valence-corrected chi connectivity index (χ3v) is 6.09. The highest BCUT2D eigenvalue weighted by Crippen LogP contribution is 2.48. The van der Waals surface area contributed by atoms with Crippen LogP contribution in [0, 0.1) is 5.92 Å². The average Bonchev–Trinajstić information content (AvgIpc) is 3.32. The summed E-state index contributed by atoms with van der Waals surface area (Å²) in [6.45, 7) is 2.12. The van der Waals surface area contributed by atoms with E-state index in [0.717, 1.165) is 12.0 Å². The van der Waals surface area contributed by atoms with E-state index < -0.39 is 6.09 Å². The van der Waals surface area contributed by atoms with Crippen LogP contribution in [0.1, 0.15) is 24.8 Å². The van der Waals surface area contributed by atoms with Gasteiger partial charge in [-0.2, -0.15) is 5.10 Å². The van der Waals surface area contributed by atoms with Crippen LogP contribution in [0.3, 0.4) is 0 Å². The van der Waals surface area contributed by atoms with Crippen molar-refractivity contribution in [3.63, 3.8) is 0 Å². The molecule has 1 aliphatic carbocycles. The molecule has 10 nitrogen and oxygen atoms in total. The van der Waals surface area contributed by atoms with Crippen LogP contribution in [0.5, 0.6) is 0 Å². The molecular formula is C20H20ClN7O3. The molecule has 1 saturated carbocycles. The zero-order chi connectivity index (χ0) is 21.9. The summed E-state index contributed by atoms with van der Waals surface area (Å²) in [4.78, 5) is 26.3. The van der Waals surface area contributed by atoms with E-state index in [-0.39, 0.29) is 36.2 Å². The fraction of sp³-hybridized carbons (Fsp3) is 0.350. The lowest BCUT2D eigenvalue weighted by atomic mass is 10.1. The Kier molecular flexibility index (Phi) is 4.47. The molecule has 3 atom stereocenters. The first-order valence-corrected chi connectivity index (χ1v) is 10.2. The van der Waals surface area contributed by atoms with Crippen molar-refractivity contribution in [1.82, 2.24) is 20.0 Å². The Morgan fingerprint density at radius 1 is 1.35 bits per heavy atom. The molecule has 0 radical (unpaired) electrons. The molecule has 2 aromatic heterocycles. The van der Waals surface area contributed by atoms with Gasteiger partial charge in [-0.05, 0) is 37.0 Å². The van der Waals surface area contributed by atoms with Crippen LogP contribution in [-0.4, -0.2) is 44.6 Å². The van der Waals surface area contributed by atoms with E-state index in [2.05, 4.69) is 20.6 Å². The number of hydrogen-bond donors (Lipinski definition) is 2. The highest BCUT2D eigenvalue weighted by molar-refractivity contribution is 6.39. The number of nitrogen functional groups attached to an aromatic ring is 1. The number of anilines is 3. The van der Waals surface area contributed by atoms with Gasteiger partial charge >= 0.3 is 6.09 Å². The van der Waals surface area contributed by atoms with Gasteiger partial charge in [0.1, 0.15) is 12.1 Å². The lowest BCUT2D eigenvalue weighted by molar-refractivity contribution is -0.117. The van der Waals surface area contributed by atoms with E-state index in [4.69, 9.17) is 22.1 Å². The molecule has 1 aromatic carbocycles. The lowest BCUT2D eigenvalue weighted by Crippen LogP contribution is -2.31. The molecule has 2 aliphatic rings. The van der Waals surface area contributed by atoms with E-state index in [0.29, 0.717) is 27.3 Å². The number of cyclic esters (lactones) is 1. The molecule has 0 unspecified atom stereocenters. The molecular weight excluding hydrogens is 422 g/mol. The highest BCUT2D eigenvalue weighted by atomic mass is 35.5. The molecule has 0 bridgehead atoms. The van der Waals surface area contributed by atoms with Crippen LogP contribution < -0.4 is 16.0 Å². The highest BCUT2D eigenvalue weighted by Gasteiger charge is 2.44. The third kappa shape index (κ3) is 3.32.